The van der Waals surface area contributed by atoms with E-state index in [1.807, 2.05) is 61.5 Å². The number of thioether (sulfide) groups is 1. The Morgan fingerprint density at radius 2 is 1.93 bits per heavy atom. The van der Waals surface area contributed by atoms with Gasteiger partial charge < -0.3 is 5.32 Å². The predicted molar refractivity (Wildman–Crippen MR) is 116 cm³/mol. The van der Waals surface area contributed by atoms with E-state index in [1.165, 1.54) is 10.3 Å². The summed E-state index contributed by atoms with van der Waals surface area (Å²) in [6.45, 7) is 1.96. The number of rotatable bonds is 6. The third kappa shape index (κ3) is 4.40. The fourth-order valence-electron chi connectivity index (χ4n) is 2.81. The van der Waals surface area contributed by atoms with Crippen molar-refractivity contribution in [1.82, 2.24) is 15.3 Å². The molecule has 0 fully saturated rings. The van der Waals surface area contributed by atoms with Crippen molar-refractivity contribution in [2.75, 3.05) is 0 Å². The number of hydrogen-bond acceptors (Lipinski definition) is 5. The molecule has 4 aromatic rings. The summed E-state index contributed by atoms with van der Waals surface area (Å²) >= 11 is 3.43. The first-order valence-electron chi connectivity index (χ1n) is 8.97. The van der Waals surface area contributed by atoms with Gasteiger partial charge in [0, 0.05) is 23.7 Å². The predicted octanol–water partition coefficient (Wildman–Crippen LogP) is 5.47. The molecule has 2 heterocycles. The Kier molecular flexibility index (Phi) is 5.69. The van der Waals surface area contributed by atoms with Gasteiger partial charge >= 0.3 is 0 Å². The minimum atomic E-state index is -0.0875. The average Bonchev–Trinajstić information content (AvgIpc) is 3.16. The van der Waals surface area contributed by atoms with Crippen LogP contribution in [-0.2, 0) is 5.75 Å². The lowest BCUT2D eigenvalue weighted by atomic mass is 10.1. The molecule has 140 valence electrons. The minimum absolute atomic E-state index is 0.0817. The van der Waals surface area contributed by atoms with Crippen LogP contribution in [0.1, 0.15) is 34.5 Å². The lowest BCUT2D eigenvalue weighted by molar-refractivity contribution is 0.0940. The van der Waals surface area contributed by atoms with Crippen molar-refractivity contribution in [1.29, 1.82) is 0 Å². The molecule has 4 rings (SSSR count). The lowest BCUT2D eigenvalue weighted by Gasteiger charge is -2.14. The molecule has 0 aliphatic rings. The van der Waals surface area contributed by atoms with E-state index in [2.05, 4.69) is 21.4 Å². The van der Waals surface area contributed by atoms with Crippen LogP contribution < -0.4 is 5.32 Å². The second-order valence-electron chi connectivity index (χ2n) is 6.41. The second-order valence-corrected chi connectivity index (χ2v) is 8.67. The summed E-state index contributed by atoms with van der Waals surface area (Å²) in [5.74, 6) is 0.745. The highest BCUT2D eigenvalue weighted by Crippen LogP contribution is 2.31. The van der Waals surface area contributed by atoms with E-state index in [1.54, 1.807) is 35.5 Å². The number of carbonyl (C=O) groups excluding carboxylic acids is 1. The first kappa shape index (κ1) is 18.7. The number of nitrogens with one attached hydrogen (secondary N) is 1. The van der Waals surface area contributed by atoms with Crippen molar-refractivity contribution in [2.24, 2.45) is 0 Å². The van der Waals surface area contributed by atoms with Gasteiger partial charge in [-0.1, -0.05) is 42.1 Å². The topological polar surface area (TPSA) is 54.9 Å². The van der Waals surface area contributed by atoms with Crippen LogP contribution in [0, 0.1) is 0 Å². The standard InChI is InChI=1S/C22H19N3OS2/c1-15(18-5-4-12-23-13-18)24-21(26)17-10-8-16(9-11-17)14-27-22-25-19-6-2-3-7-20(19)28-22/h2-13,15H,14H2,1H3,(H,24,26). The van der Waals surface area contributed by atoms with Crippen molar-refractivity contribution < 1.29 is 4.79 Å². The molecule has 0 saturated carbocycles. The Bertz CT molecular complexity index is 1040. The summed E-state index contributed by atoms with van der Waals surface area (Å²) in [4.78, 5) is 21.2. The number of benzene rings is 2. The summed E-state index contributed by atoms with van der Waals surface area (Å²) in [5, 5.41) is 3.01. The van der Waals surface area contributed by atoms with Crippen LogP contribution in [0.25, 0.3) is 10.2 Å². The van der Waals surface area contributed by atoms with Crippen LogP contribution in [0.15, 0.2) is 77.4 Å². The number of amides is 1. The van der Waals surface area contributed by atoms with Crippen molar-refractivity contribution in [2.45, 2.75) is 23.1 Å². The number of carbonyl (C=O) groups is 1. The van der Waals surface area contributed by atoms with E-state index in [4.69, 9.17) is 0 Å². The molecule has 6 heteroatoms. The zero-order chi connectivity index (χ0) is 19.3. The van der Waals surface area contributed by atoms with Gasteiger partial charge in [-0.05, 0) is 48.4 Å². The Labute approximate surface area is 172 Å². The number of pyridine rings is 1. The van der Waals surface area contributed by atoms with Gasteiger partial charge in [-0.25, -0.2) is 4.98 Å². The van der Waals surface area contributed by atoms with Gasteiger partial charge in [0.15, 0.2) is 4.34 Å². The Balaban J connectivity index is 1.36. The first-order valence-corrected chi connectivity index (χ1v) is 10.8. The summed E-state index contributed by atoms with van der Waals surface area (Å²) in [6, 6.07) is 19.7. The van der Waals surface area contributed by atoms with E-state index in [-0.39, 0.29) is 11.9 Å². The number of fused-ring (bicyclic) bond motifs is 1. The van der Waals surface area contributed by atoms with Crippen LogP contribution in [0.5, 0.6) is 0 Å². The average molecular weight is 406 g/mol. The summed E-state index contributed by atoms with van der Waals surface area (Å²) in [6.07, 6.45) is 3.50. The van der Waals surface area contributed by atoms with E-state index < -0.39 is 0 Å². The molecule has 2 aromatic carbocycles. The van der Waals surface area contributed by atoms with Gasteiger partial charge in [0.1, 0.15) is 0 Å². The highest BCUT2D eigenvalue weighted by Gasteiger charge is 2.11. The van der Waals surface area contributed by atoms with Crippen LogP contribution >= 0.6 is 23.1 Å². The molecule has 1 amide bonds. The maximum Gasteiger partial charge on any atom is 0.251 e. The van der Waals surface area contributed by atoms with Gasteiger partial charge in [-0.2, -0.15) is 0 Å². The molecule has 0 radical (unpaired) electrons. The molecule has 1 atom stereocenters. The quantitative estimate of drug-likeness (QED) is 0.432. The van der Waals surface area contributed by atoms with Crippen LogP contribution in [0.4, 0.5) is 0 Å². The minimum Gasteiger partial charge on any atom is -0.345 e. The van der Waals surface area contributed by atoms with E-state index in [9.17, 15) is 4.79 Å². The monoisotopic (exact) mass is 405 g/mol. The van der Waals surface area contributed by atoms with Crippen molar-refractivity contribution in [3.63, 3.8) is 0 Å². The zero-order valence-corrected chi connectivity index (χ0v) is 17.0. The van der Waals surface area contributed by atoms with Gasteiger partial charge in [-0.3, -0.25) is 9.78 Å². The highest BCUT2D eigenvalue weighted by molar-refractivity contribution is 8.00. The number of hydrogen-bond donors (Lipinski definition) is 1. The molecule has 1 unspecified atom stereocenters. The third-order valence-electron chi connectivity index (χ3n) is 4.38. The zero-order valence-electron chi connectivity index (χ0n) is 15.3. The molecule has 1 N–H and O–H groups in total. The second kappa shape index (κ2) is 8.54. The number of nitrogens with zero attached hydrogens (tertiary/aromatic N) is 2. The molecule has 0 saturated heterocycles. The van der Waals surface area contributed by atoms with E-state index in [0.29, 0.717) is 5.56 Å². The smallest absolute Gasteiger partial charge is 0.251 e. The molecular formula is C22H19N3OS2. The number of thiazole rings is 1. The summed E-state index contributed by atoms with van der Waals surface area (Å²) in [5.41, 5.74) is 3.86. The molecule has 28 heavy (non-hydrogen) atoms. The van der Waals surface area contributed by atoms with Crippen molar-refractivity contribution in [3.8, 4) is 0 Å². The van der Waals surface area contributed by atoms with Gasteiger partial charge in [0.25, 0.3) is 5.91 Å². The highest BCUT2D eigenvalue weighted by atomic mass is 32.2. The SMILES string of the molecule is CC(NC(=O)c1ccc(CSc2nc3ccccc3s2)cc1)c1cccnc1. The summed E-state index contributed by atoms with van der Waals surface area (Å²) < 4.78 is 2.27. The van der Waals surface area contributed by atoms with Crippen LogP contribution in [-0.4, -0.2) is 15.9 Å². The maximum absolute atomic E-state index is 12.5. The van der Waals surface area contributed by atoms with Gasteiger partial charge in [0.2, 0.25) is 0 Å². The fraction of sp³-hybridized carbons (Fsp3) is 0.136. The molecule has 0 spiro atoms. The Hall–Kier alpha value is -2.70. The fourth-order valence-corrected chi connectivity index (χ4v) is 4.83. The lowest BCUT2D eigenvalue weighted by Crippen LogP contribution is -2.26. The largest absolute Gasteiger partial charge is 0.345 e. The summed E-state index contributed by atoms with van der Waals surface area (Å²) in [7, 11) is 0. The molecule has 0 aliphatic carbocycles. The van der Waals surface area contributed by atoms with Gasteiger partial charge in [-0.15, -0.1) is 11.3 Å². The van der Waals surface area contributed by atoms with Crippen molar-refractivity contribution in [3.05, 3.63) is 89.7 Å². The maximum atomic E-state index is 12.5. The van der Waals surface area contributed by atoms with Crippen molar-refractivity contribution >= 4 is 39.2 Å². The first-order chi connectivity index (χ1) is 13.7. The molecule has 0 aliphatic heterocycles. The van der Waals surface area contributed by atoms with E-state index in [0.717, 1.165) is 21.2 Å². The van der Waals surface area contributed by atoms with E-state index >= 15 is 0 Å². The molecule has 2 aromatic heterocycles. The molecule has 4 nitrogen and oxygen atoms in total. The number of aromatic nitrogens is 2. The van der Waals surface area contributed by atoms with Crippen LogP contribution in [0.2, 0.25) is 0 Å². The molecule has 0 bridgehead atoms. The Morgan fingerprint density at radius 3 is 2.68 bits per heavy atom. The van der Waals surface area contributed by atoms with Gasteiger partial charge in [0.05, 0.1) is 16.3 Å². The normalized spacial score (nSPS) is 12.0. The van der Waals surface area contributed by atoms with Crippen LogP contribution in [0.3, 0.4) is 0 Å². The Morgan fingerprint density at radius 1 is 1.11 bits per heavy atom. The molecular weight excluding hydrogens is 386 g/mol. The number of para-hydroxylation sites is 1. The third-order valence-corrected chi connectivity index (χ3v) is 6.64.